The van der Waals surface area contributed by atoms with Crippen LogP contribution in [0.1, 0.15) is 17.5 Å². The molecule has 3 fully saturated rings. The molecule has 2 bridgehead atoms. The maximum absolute atomic E-state index is 5.47. The van der Waals surface area contributed by atoms with Crippen LogP contribution < -0.4 is 15.1 Å². The number of nitrogens with zero attached hydrogens (tertiary/aromatic N) is 6. The van der Waals surface area contributed by atoms with Gasteiger partial charge in [-0.2, -0.15) is 0 Å². The summed E-state index contributed by atoms with van der Waals surface area (Å²) in [7, 11) is 2.24. The molecule has 182 valence electrons. The number of aromatic nitrogens is 3. The van der Waals surface area contributed by atoms with E-state index in [1.165, 1.54) is 17.7 Å². The average molecular weight is 472 g/mol. The van der Waals surface area contributed by atoms with E-state index in [-0.39, 0.29) is 0 Å². The van der Waals surface area contributed by atoms with Crippen LogP contribution in [0.15, 0.2) is 42.7 Å². The molecule has 2 aromatic heterocycles. The third-order valence-electron chi connectivity index (χ3n) is 7.59. The Labute approximate surface area is 207 Å². The predicted molar refractivity (Wildman–Crippen MR) is 140 cm³/mol. The highest BCUT2D eigenvalue weighted by molar-refractivity contribution is 5.67. The summed E-state index contributed by atoms with van der Waals surface area (Å²) in [5.41, 5.74) is 6.61. The van der Waals surface area contributed by atoms with Crippen LogP contribution in [0.3, 0.4) is 0 Å². The van der Waals surface area contributed by atoms with E-state index in [0.29, 0.717) is 18.0 Å². The van der Waals surface area contributed by atoms with Crippen LogP contribution in [0.4, 0.5) is 23.1 Å². The number of aryl methyl sites for hydroxylation is 2. The number of rotatable bonds is 5. The number of anilines is 4. The Hall–Kier alpha value is -3.23. The zero-order valence-electron chi connectivity index (χ0n) is 20.7. The summed E-state index contributed by atoms with van der Waals surface area (Å²) >= 11 is 0. The molecule has 0 spiro atoms. The molecule has 0 aliphatic carbocycles. The van der Waals surface area contributed by atoms with Crippen LogP contribution in [-0.2, 0) is 4.74 Å². The average Bonchev–Trinajstić information content (AvgIpc) is 3.44. The van der Waals surface area contributed by atoms with E-state index < -0.39 is 0 Å². The molecular formula is C27H33N7O. The molecule has 2 atom stereocenters. The van der Waals surface area contributed by atoms with Crippen molar-refractivity contribution in [2.45, 2.75) is 32.4 Å². The molecule has 0 saturated carbocycles. The first kappa shape index (κ1) is 22.2. The lowest BCUT2D eigenvalue weighted by molar-refractivity contribution is 0.122. The minimum Gasteiger partial charge on any atom is -0.378 e. The third kappa shape index (κ3) is 4.32. The second-order valence-electron chi connectivity index (χ2n) is 9.99. The van der Waals surface area contributed by atoms with E-state index >= 15 is 0 Å². The number of piperazine rings is 1. The molecule has 6 rings (SSSR count). The van der Waals surface area contributed by atoms with Gasteiger partial charge in [0.25, 0.3) is 0 Å². The van der Waals surface area contributed by atoms with Crippen LogP contribution >= 0.6 is 0 Å². The Bertz CT molecular complexity index is 1220. The fraction of sp³-hybridized carbons (Fsp3) is 0.444. The molecule has 1 aromatic carbocycles. The van der Waals surface area contributed by atoms with Gasteiger partial charge >= 0.3 is 0 Å². The Morgan fingerprint density at radius 3 is 2.54 bits per heavy atom. The van der Waals surface area contributed by atoms with Gasteiger partial charge in [-0.05, 0) is 68.8 Å². The van der Waals surface area contributed by atoms with Gasteiger partial charge in [0.15, 0.2) is 0 Å². The Balaban J connectivity index is 1.18. The highest BCUT2D eigenvalue weighted by atomic mass is 16.5. The number of hydrogen-bond acceptors (Lipinski definition) is 8. The Kier molecular flexibility index (Phi) is 5.78. The van der Waals surface area contributed by atoms with Crippen molar-refractivity contribution in [3.63, 3.8) is 0 Å². The van der Waals surface area contributed by atoms with Crippen molar-refractivity contribution in [1.82, 2.24) is 19.9 Å². The Morgan fingerprint density at radius 2 is 1.83 bits per heavy atom. The largest absolute Gasteiger partial charge is 0.378 e. The molecule has 35 heavy (non-hydrogen) atoms. The number of likely N-dealkylation sites (tertiary alicyclic amines) is 1. The molecular weight excluding hydrogens is 438 g/mol. The summed E-state index contributed by atoms with van der Waals surface area (Å²) < 4.78 is 5.47. The number of hydrogen-bond donors (Lipinski definition) is 1. The van der Waals surface area contributed by atoms with Crippen molar-refractivity contribution in [3.8, 4) is 11.3 Å². The summed E-state index contributed by atoms with van der Waals surface area (Å²) in [6, 6.07) is 12.0. The smallest absolute Gasteiger partial charge is 0.227 e. The lowest BCUT2D eigenvalue weighted by atomic mass is 10.1. The molecule has 1 N–H and O–H groups in total. The monoisotopic (exact) mass is 471 g/mol. The lowest BCUT2D eigenvalue weighted by Gasteiger charge is -2.34. The van der Waals surface area contributed by atoms with Gasteiger partial charge < -0.3 is 19.9 Å². The van der Waals surface area contributed by atoms with Gasteiger partial charge in [0.1, 0.15) is 5.82 Å². The van der Waals surface area contributed by atoms with Gasteiger partial charge in [-0.15, -0.1) is 0 Å². The van der Waals surface area contributed by atoms with Crippen LogP contribution in [0.2, 0.25) is 0 Å². The van der Waals surface area contributed by atoms with Crippen molar-refractivity contribution in [2.75, 3.05) is 61.6 Å². The first-order valence-electron chi connectivity index (χ1n) is 12.5. The summed E-state index contributed by atoms with van der Waals surface area (Å²) in [5, 5.41) is 3.40. The number of ether oxygens (including phenoxy) is 1. The zero-order valence-corrected chi connectivity index (χ0v) is 20.7. The van der Waals surface area contributed by atoms with Crippen LogP contribution in [0, 0.1) is 13.8 Å². The predicted octanol–water partition coefficient (Wildman–Crippen LogP) is 3.63. The van der Waals surface area contributed by atoms with Gasteiger partial charge in [-0.25, -0.2) is 15.0 Å². The van der Waals surface area contributed by atoms with Crippen molar-refractivity contribution in [1.29, 1.82) is 0 Å². The molecule has 3 aromatic rings. The summed E-state index contributed by atoms with van der Waals surface area (Å²) in [5.74, 6) is 1.62. The van der Waals surface area contributed by atoms with Gasteiger partial charge in [0.05, 0.1) is 18.9 Å². The van der Waals surface area contributed by atoms with E-state index in [4.69, 9.17) is 14.7 Å². The number of fused-ring (bicyclic) bond motifs is 2. The van der Waals surface area contributed by atoms with Gasteiger partial charge in [-0.1, -0.05) is 0 Å². The lowest BCUT2D eigenvalue weighted by Crippen LogP contribution is -2.44. The maximum Gasteiger partial charge on any atom is 0.227 e. The second-order valence-corrected chi connectivity index (χ2v) is 9.99. The summed E-state index contributed by atoms with van der Waals surface area (Å²) in [6.07, 6.45) is 4.98. The van der Waals surface area contributed by atoms with Crippen LogP contribution in [0.5, 0.6) is 0 Å². The fourth-order valence-electron chi connectivity index (χ4n) is 5.74. The standard InChI is InChI=1S/C27H33N7O/c1-18-13-21(4-5-25(18)34-17-22-14-23(34)16-32(22)3)30-27-28-7-6-24(31-27)20-12-19(2)26(29-15-20)33-8-10-35-11-9-33/h4-7,12-13,15,22-23H,8-11,14,16-17H2,1-3H3,(H,28,30,31)/t22-,23-/m0/s1. The number of pyridine rings is 1. The summed E-state index contributed by atoms with van der Waals surface area (Å²) in [6.45, 7) is 9.84. The number of morpholine rings is 1. The molecule has 3 aliphatic heterocycles. The van der Waals surface area contributed by atoms with E-state index in [2.05, 4.69) is 70.2 Å². The van der Waals surface area contributed by atoms with E-state index in [0.717, 1.165) is 67.7 Å². The van der Waals surface area contributed by atoms with E-state index in [1.807, 2.05) is 12.3 Å². The minimum absolute atomic E-state index is 0.589. The first-order chi connectivity index (χ1) is 17.0. The highest BCUT2D eigenvalue weighted by Crippen LogP contribution is 2.36. The van der Waals surface area contributed by atoms with Crippen molar-refractivity contribution in [3.05, 3.63) is 53.9 Å². The van der Waals surface area contributed by atoms with Crippen molar-refractivity contribution < 1.29 is 4.74 Å². The van der Waals surface area contributed by atoms with Crippen molar-refractivity contribution >= 4 is 23.1 Å². The summed E-state index contributed by atoms with van der Waals surface area (Å²) in [4.78, 5) is 21.3. The molecule has 3 saturated heterocycles. The van der Waals surface area contributed by atoms with Gasteiger partial charge in [-0.3, -0.25) is 4.90 Å². The molecule has 3 aliphatic rings. The quantitative estimate of drug-likeness (QED) is 0.605. The van der Waals surface area contributed by atoms with Crippen molar-refractivity contribution in [2.24, 2.45) is 0 Å². The van der Waals surface area contributed by atoms with Gasteiger partial charge in [0.2, 0.25) is 5.95 Å². The third-order valence-corrected chi connectivity index (χ3v) is 7.59. The fourth-order valence-corrected chi connectivity index (χ4v) is 5.74. The minimum atomic E-state index is 0.589. The van der Waals surface area contributed by atoms with Crippen LogP contribution in [0.25, 0.3) is 11.3 Å². The van der Waals surface area contributed by atoms with E-state index in [1.54, 1.807) is 6.20 Å². The Morgan fingerprint density at radius 1 is 0.971 bits per heavy atom. The van der Waals surface area contributed by atoms with Crippen LogP contribution in [-0.4, -0.2) is 78.4 Å². The SMILES string of the molecule is Cc1cc(Nc2nccc(-c3cnc(N4CCOCC4)c(C)c3)n2)ccc1N1C[C@@H]2C[C@H]1CN2C. The highest BCUT2D eigenvalue weighted by Gasteiger charge is 2.41. The number of benzene rings is 1. The second kappa shape index (κ2) is 9.09. The number of nitrogens with one attached hydrogen (secondary N) is 1. The molecule has 0 amide bonds. The topological polar surface area (TPSA) is 69.6 Å². The first-order valence-corrected chi connectivity index (χ1v) is 12.5. The maximum atomic E-state index is 5.47. The molecule has 8 heteroatoms. The zero-order chi connectivity index (χ0) is 23.9. The molecule has 0 radical (unpaired) electrons. The normalized spacial score (nSPS) is 22.1. The molecule has 5 heterocycles. The molecule has 8 nitrogen and oxygen atoms in total. The molecule has 0 unspecified atom stereocenters. The van der Waals surface area contributed by atoms with Gasteiger partial charge in [0, 0.05) is 67.6 Å². The number of likely N-dealkylation sites (N-methyl/N-ethyl adjacent to an activating group) is 1. The van der Waals surface area contributed by atoms with E-state index in [9.17, 15) is 0 Å².